The lowest BCUT2D eigenvalue weighted by Crippen LogP contribution is -2.19. The van der Waals surface area contributed by atoms with E-state index < -0.39 is 88.2 Å². The second kappa shape index (κ2) is 44.0. The first-order chi connectivity index (χ1) is 42.9. The number of methoxy groups -OCH3 is 1. The Hall–Kier alpha value is -11.5. The van der Waals surface area contributed by atoms with E-state index in [1.165, 1.54) is 13.2 Å². The summed E-state index contributed by atoms with van der Waals surface area (Å²) in [5.41, 5.74) is 5.25. The monoisotopic (exact) mass is 1230 g/mol. The van der Waals surface area contributed by atoms with Gasteiger partial charge in [0, 0.05) is 36.8 Å². The average Bonchev–Trinajstić information content (AvgIpc) is 3.12. The van der Waals surface area contributed by atoms with Crippen LogP contribution in [0, 0.1) is 0 Å². The maximum Gasteiger partial charge on any atom is 0.379 e. The van der Waals surface area contributed by atoms with Crippen LogP contribution in [0.3, 0.4) is 0 Å². The molecule has 0 bridgehead atoms. The number of benzene rings is 7. The van der Waals surface area contributed by atoms with Crippen LogP contribution < -0.4 is 0 Å². The fraction of sp³-hybridized carbons (Fsp3) is 0.188. The number of carbonyl (C=O) groups excluding carboxylic acids is 10. The highest BCUT2D eigenvalue weighted by molar-refractivity contribution is 6.41. The Kier molecular flexibility index (Phi) is 37.5. The summed E-state index contributed by atoms with van der Waals surface area (Å²) in [5, 5.41) is 33.6. The highest BCUT2D eigenvalue weighted by atomic mass is 16.5. The van der Waals surface area contributed by atoms with Crippen molar-refractivity contribution in [2.45, 2.75) is 65.7 Å². The lowest BCUT2D eigenvalue weighted by Gasteiger charge is -2.06. The van der Waals surface area contributed by atoms with Crippen molar-refractivity contribution >= 4 is 82.3 Å². The maximum atomic E-state index is 11.3. The van der Waals surface area contributed by atoms with Crippen molar-refractivity contribution in [3.05, 3.63) is 251 Å². The van der Waals surface area contributed by atoms with Crippen molar-refractivity contribution < 1.29 is 102 Å². The maximum absolute atomic E-state index is 11.3. The predicted molar refractivity (Wildman–Crippen MR) is 327 cm³/mol. The third-order valence-corrected chi connectivity index (χ3v) is 11.5. The Morgan fingerprint density at radius 2 is 0.678 bits per heavy atom. The first-order valence-corrected chi connectivity index (χ1v) is 27.3. The fourth-order valence-electron chi connectivity index (χ4n) is 6.89. The molecule has 470 valence electrons. The second-order valence-corrected chi connectivity index (χ2v) is 18.0. The molecule has 1 atom stereocenters. The first-order valence-electron chi connectivity index (χ1n) is 27.3. The van der Waals surface area contributed by atoms with E-state index in [-0.39, 0.29) is 44.5 Å². The van der Waals surface area contributed by atoms with Crippen LogP contribution in [0.5, 0.6) is 0 Å². The zero-order valence-electron chi connectivity index (χ0n) is 49.9. The van der Waals surface area contributed by atoms with Gasteiger partial charge in [-0.2, -0.15) is 0 Å². The highest BCUT2D eigenvalue weighted by Gasteiger charge is 2.22. The SMILES string of the molecule is CC(C(=O)C(=O)O)c1ccccc1.CCOC(=O)C(=O)Cc1ccccc1.CCOC(=O)C(=O)c1ccccc1.CCc1ccccc1C(=O)C(=O)O.COC(=O)C(=O)Cc1ccccc1.O=C(O)C(=O)Cc1ccccc1.O=C(O)C(=O)Cc1ccccc1. The van der Waals surface area contributed by atoms with Gasteiger partial charge in [0.1, 0.15) is 0 Å². The van der Waals surface area contributed by atoms with Crippen LogP contribution in [-0.4, -0.2) is 123 Å². The molecule has 0 fully saturated rings. The summed E-state index contributed by atoms with van der Waals surface area (Å²) in [5.74, 6) is -13.2. The van der Waals surface area contributed by atoms with Gasteiger partial charge in [-0.1, -0.05) is 220 Å². The van der Waals surface area contributed by atoms with Crippen LogP contribution in [0.15, 0.2) is 206 Å². The number of ether oxygens (including phenoxy) is 3. The molecule has 0 aliphatic carbocycles. The molecular weight excluding hydrogens is 1160 g/mol. The van der Waals surface area contributed by atoms with Crippen LogP contribution in [0.1, 0.15) is 87.7 Å². The van der Waals surface area contributed by atoms with Gasteiger partial charge in [0.25, 0.3) is 11.6 Å². The number of hydrogen-bond donors (Lipinski definition) is 4. The van der Waals surface area contributed by atoms with Crippen LogP contribution >= 0.6 is 0 Å². The lowest BCUT2D eigenvalue weighted by atomic mass is 9.97. The van der Waals surface area contributed by atoms with Crippen LogP contribution in [0.25, 0.3) is 0 Å². The van der Waals surface area contributed by atoms with Crippen molar-refractivity contribution in [1.82, 2.24) is 0 Å². The molecule has 7 rings (SSSR count). The molecule has 0 saturated carbocycles. The molecule has 0 radical (unpaired) electrons. The molecule has 0 aliphatic heterocycles. The van der Waals surface area contributed by atoms with Crippen LogP contribution in [0.2, 0.25) is 0 Å². The molecule has 0 saturated heterocycles. The van der Waals surface area contributed by atoms with Crippen LogP contribution in [-0.2, 0) is 104 Å². The van der Waals surface area contributed by atoms with E-state index in [1.54, 1.807) is 166 Å². The van der Waals surface area contributed by atoms with Crippen molar-refractivity contribution in [2.24, 2.45) is 0 Å². The smallest absolute Gasteiger partial charge is 0.379 e. The molecule has 1 unspecified atom stereocenters. The van der Waals surface area contributed by atoms with Gasteiger partial charge in [-0.05, 0) is 53.6 Å². The Balaban J connectivity index is 0.000000525. The number of carboxylic acid groups (broad SMARTS) is 4. The summed E-state index contributed by atoms with van der Waals surface area (Å²) in [6, 6.07) is 59.7. The second-order valence-electron chi connectivity index (χ2n) is 18.0. The predicted octanol–water partition coefficient (Wildman–Crippen LogP) is 8.49. The molecule has 7 aromatic rings. The van der Waals surface area contributed by atoms with Gasteiger partial charge in [-0.25, -0.2) is 33.6 Å². The van der Waals surface area contributed by atoms with E-state index >= 15 is 0 Å². The summed E-state index contributed by atoms with van der Waals surface area (Å²) in [4.78, 5) is 151. The minimum Gasteiger partial charge on any atom is -0.475 e. The quantitative estimate of drug-likeness (QED) is 0.0214. The number of esters is 3. The molecule has 0 heterocycles. The van der Waals surface area contributed by atoms with Gasteiger partial charge in [0.05, 0.1) is 26.2 Å². The number of hydrogen-bond acceptors (Lipinski definition) is 17. The Labute approximate surface area is 518 Å². The number of aliphatic carboxylic acids is 4. The summed E-state index contributed by atoms with van der Waals surface area (Å²) < 4.78 is 13.5. The minimum absolute atomic E-state index is 0.0316. The number of ketones is 7. The van der Waals surface area contributed by atoms with E-state index in [2.05, 4.69) is 14.2 Å². The van der Waals surface area contributed by atoms with Crippen LogP contribution in [0.4, 0.5) is 0 Å². The van der Waals surface area contributed by atoms with Gasteiger partial charge < -0.3 is 34.6 Å². The molecule has 21 heteroatoms. The summed E-state index contributed by atoms with van der Waals surface area (Å²) in [6.45, 7) is 7.26. The zero-order chi connectivity index (χ0) is 67.4. The number of carbonyl (C=O) groups is 14. The minimum atomic E-state index is -1.40. The first kappa shape index (κ1) is 76.5. The Morgan fingerprint density at radius 3 is 1.01 bits per heavy atom. The molecule has 21 nitrogen and oxygen atoms in total. The van der Waals surface area contributed by atoms with E-state index in [9.17, 15) is 67.1 Å². The van der Waals surface area contributed by atoms with Crippen molar-refractivity contribution in [3.63, 3.8) is 0 Å². The number of carboxylic acids is 4. The molecule has 7 aromatic carbocycles. The summed E-state index contributed by atoms with van der Waals surface area (Å²) >= 11 is 0. The zero-order valence-corrected chi connectivity index (χ0v) is 49.9. The average molecular weight is 1230 g/mol. The van der Waals surface area contributed by atoms with Gasteiger partial charge >= 0.3 is 41.8 Å². The molecule has 0 aliphatic rings. The van der Waals surface area contributed by atoms with E-state index in [0.29, 0.717) is 12.0 Å². The number of Topliss-reactive ketones (excluding diaryl/α,β-unsaturated/α-hetero) is 7. The van der Waals surface area contributed by atoms with E-state index in [4.69, 9.17) is 20.4 Å². The Morgan fingerprint density at radius 1 is 0.356 bits per heavy atom. The molecular formula is C69H68O21. The van der Waals surface area contributed by atoms with Crippen molar-refractivity contribution in [2.75, 3.05) is 20.3 Å². The summed E-state index contributed by atoms with van der Waals surface area (Å²) in [6.07, 6.45) is 0.814. The van der Waals surface area contributed by atoms with Crippen molar-refractivity contribution in [1.29, 1.82) is 0 Å². The molecule has 90 heavy (non-hydrogen) atoms. The van der Waals surface area contributed by atoms with Crippen molar-refractivity contribution in [3.8, 4) is 0 Å². The molecule has 0 amide bonds. The standard InChI is InChI=1S/C11H12O3.4C10H10O3.2C9H8O3/c1-2-14-11(13)10(12)8-9-6-4-3-5-7-9;1-13-10(12)9(11)7-8-5-3-2-4-6-8;1-7(9(11)10(12)13)8-5-3-2-4-6-8;1-2-13-10(12)9(11)8-6-4-3-5-7-8;1-2-7-5-3-4-6-8(7)9(11)10(12)13;2*10-8(9(11)12)6-7-4-2-1-3-5-7/h3-7H,2,8H2,1H3;2-6H,7H2,1H3;2-7H,1H3,(H,12,13);3-7H,2H2,1H3;3-6H,2H2,1H3,(H,12,13);2*1-5H,6H2,(H,11,12). The molecule has 0 spiro atoms. The normalized spacial score (nSPS) is 9.79. The fourth-order valence-corrected chi connectivity index (χ4v) is 6.89. The van der Waals surface area contributed by atoms with Gasteiger partial charge in [0.2, 0.25) is 28.9 Å². The van der Waals surface area contributed by atoms with E-state index in [0.717, 1.165) is 33.4 Å². The lowest BCUT2D eigenvalue weighted by molar-refractivity contribution is -0.153. The van der Waals surface area contributed by atoms with Gasteiger partial charge in [-0.15, -0.1) is 0 Å². The highest BCUT2D eigenvalue weighted by Crippen LogP contribution is 2.15. The van der Waals surface area contributed by atoms with Gasteiger partial charge in [-0.3, -0.25) is 33.6 Å². The van der Waals surface area contributed by atoms with E-state index in [1.807, 2.05) is 61.5 Å². The summed E-state index contributed by atoms with van der Waals surface area (Å²) in [7, 11) is 1.20. The number of aryl methyl sites for hydroxylation is 1. The topological polar surface area (TPSA) is 348 Å². The molecule has 4 N–H and O–H groups in total. The van der Waals surface area contributed by atoms with Gasteiger partial charge in [0.15, 0.2) is 0 Å². The number of rotatable bonds is 22. The molecule has 0 aromatic heterocycles. The largest absolute Gasteiger partial charge is 0.475 e. The third-order valence-electron chi connectivity index (χ3n) is 11.5. The Bertz CT molecular complexity index is 3390. The third kappa shape index (κ3) is 31.6.